The van der Waals surface area contributed by atoms with Crippen molar-refractivity contribution in [3.63, 3.8) is 0 Å². The highest BCUT2D eigenvalue weighted by Gasteiger charge is 2.69. The highest BCUT2D eigenvalue weighted by atomic mass is 16.7. The molecule has 0 amide bonds. The van der Waals surface area contributed by atoms with Crippen molar-refractivity contribution in [3.05, 3.63) is 11.6 Å². The second-order valence-electron chi connectivity index (χ2n) is 16.3. The molecule has 0 aromatic heterocycles. The van der Waals surface area contributed by atoms with Gasteiger partial charge in [-0.1, -0.05) is 6.92 Å². The van der Waals surface area contributed by atoms with Gasteiger partial charge >= 0.3 is 5.97 Å². The first-order valence-corrected chi connectivity index (χ1v) is 18.5. The summed E-state index contributed by atoms with van der Waals surface area (Å²) in [6.07, 6.45) is -5.40. The van der Waals surface area contributed by atoms with E-state index in [1.54, 1.807) is 6.08 Å². The number of fused-ring (bicyclic) bond motifs is 5. The lowest BCUT2D eigenvalue weighted by Gasteiger charge is -2.63. The van der Waals surface area contributed by atoms with Crippen LogP contribution in [0, 0.1) is 34.5 Å². The van der Waals surface area contributed by atoms with Gasteiger partial charge < -0.3 is 69.0 Å². The minimum Gasteiger partial charge on any atom is -0.458 e. The minimum atomic E-state index is -1.71. The standard InChI is InChI=1S/C36H54O15/c1-34-8-6-21-22(36(34,45)10-7-20(34)17-11-25(40)47-15-17)4-3-18-12-19(5-9-35(18,21)16-39)48-33-29(44)31(46-2)30(24(14-38)50-33)51-32-28(43)27(42)26(41)23(13-37)49-32/h11,16,18-24,26-33,37-38,41-45H,3-10,12-15H2,1-2H3. The number of esters is 1. The van der Waals surface area contributed by atoms with Crippen LogP contribution in [0.5, 0.6) is 0 Å². The van der Waals surface area contributed by atoms with E-state index in [-0.39, 0.29) is 42.4 Å². The number of hydrogen-bond donors (Lipinski definition) is 7. The van der Waals surface area contributed by atoms with Gasteiger partial charge in [0.05, 0.1) is 24.9 Å². The molecule has 18 atom stereocenters. The number of ether oxygens (including phenoxy) is 6. The Labute approximate surface area is 296 Å². The summed E-state index contributed by atoms with van der Waals surface area (Å²) in [5.41, 5.74) is -1.02. The second kappa shape index (κ2) is 14.2. The van der Waals surface area contributed by atoms with Gasteiger partial charge in [-0.05, 0) is 87.0 Å². The van der Waals surface area contributed by atoms with Gasteiger partial charge in [0.15, 0.2) is 12.6 Å². The smallest absolute Gasteiger partial charge is 0.331 e. The quantitative estimate of drug-likeness (QED) is 0.0866. The van der Waals surface area contributed by atoms with Gasteiger partial charge in [-0.15, -0.1) is 0 Å². The van der Waals surface area contributed by atoms with Crippen LogP contribution < -0.4 is 0 Å². The third-order valence-corrected chi connectivity index (χ3v) is 14.3. The van der Waals surface area contributed by atoms with E-state index in [1.807, 2.05) is 0 Å². The monoisotopic (exact) mass is 726 g/mol. The Morgan fingerprint density at radius 2 is 1.57 bits per heavy atom. The molecule has 288 valence electrons. The normalized spacial score (nSPS) is 52.7. The lowest BCUT2D eigenvalue weighted by atomic mass is 9.43. The molecule has 7 aliphatic rings. The highest BCUT2D eigenvalue weighted by Crippen LogP contribution is 2.69. The molecule has 3 heterocycles. The zero-order chi connectivity index (χ0) is 36.5. The molecule has 6 fully saturated rings. The number of aliphatic hydroxyl groups excluding tert-OH is 6. The fraction of sp³-hybridized carbons (Fsp3) is 0.889. The molecule has 15 heteroatoms. The van der Waals surface area contributed by atoms with Gasteiger partial charge in [-0.25, -0.2) is 4.79 Å². The molecule has 3 aliphatic heterocycles. The summed E-state index contributed by atoms with van der Waals surface area (Å²) in [6, 6.07) is 0. The second-order valence-corrected chi connectivity index (χ2v) is 16.3. The van der Waals surface area contributed by atoms with E-state index in [9.17, 15) is 45.3 Å². The van der Waals surface area contributed by atoms with Crippen LogP contribution in [0.15, 0.2) is 11.6 Å². The van der Waals surface area contributed by atoms with Crippen molar-refractivity contribution in [1.82, 2.24) is 0 Å². The van der Waals surface area contributed by atoms with Crippen molar-refractivity contribution in [2.24, 2.45) is 34.5 Å². The number of cyclic esters (lactones) is 1. The predicted octanol–water partition coefficient (Wildman–Crippen LogP) is -0.914. The van der Waals surface area contributed by atoms with Crippen LogP contribution in [-0.2, 0) is 38.0 Å². The molecular formula is C36H54O15. The fourth-order valence-corrected chi connectivity index (χ4v) is 11.5. The van der Waals surface area contributed by atoms with Crippen LogP contribution in [0.1, 0.15) is 64.7 Å². The number of aldehydes is 1. The van der Waals surface area contributed by atoms with Gasteiger partial charge in [0, 0.05) is 24.0 Å². The van der Waals surface area contributed by atoms with Crippen LogP contribution in [0.2, 0.25) is 0 Å². The number of hydrogen-bond acceptors (Lipinski definition) is 15. The van der Waals surface area contributed by atoms with Crippen LogP contribution in [0.3, 0.4) is 0 Å². The Bertz CT molecular complexity index is 1330. The van der Waals surface area contributed by atoms with Crippen molar-refractivity contribution in [3.8, 4) is 0 Å². The van der Waals surface area contributed by atoms with E-state index in [0.29, 0.717) is 25.7 Å². The summed E-state index contributed by atoms with van der Waals surface area (Å²) < 4.78 is 34.6. The van der Waals surface area contributed by atoms with Crippen molar-refractivity contribution >= 4 is 12.3 Å². The number of carbonyl (C=O) groups is 2. The molecule has 15 nitrogen and oxygen atoms in total. The van der Waals surface area contributed by atoms with Gasteiger partial charge in [0.2, 0.25) is 0 Å². The van der Waals surface area contributed by atoms with E-state index in [0.717, 1.165) is 44.0 Å². The van der Waals surface area contributed by atoms with Gasteiger partial charge in [-0.3, -0.25) is 0 Å². The van der Waals surface area contributed by atoms with Gasteiger partial charge in [0.1, 0.15) is 61.7 Å². The van der Waals surface area contributed by atoms with Gasteiger partial charge in [0.25, 0.3) is 0 Å². The lowest BCUT2D eigenvalue weighted by Crippen LogP contribution is -2.65. The van der Waals surface area contributed by atoms with E-state index >= 15 is 0 Å². The molecule has 7 N–H and O–H groups in total. The van der Waals surface area contributed by atoms with E-state index in [4.69, 9.17) is 28.4 Å². The third-order valence-electron chi connectivity index (χ3n) is 14.3. The molecule has 0 aromatic carbocycles. The molecule has 0 aromatic rings. The Hall–Kier alpha value is -1.60. The first-order valence-electron chi connectivity index (χ1n) is 18.5. The molecule has 4 aliphatic carbocycles. The Morgan fingerprint density at radius 1 is 0.843 bits per heavy atom. The topological polar surface area (TPSA) is 231 Å². The van der Waals surface area contributed by atoms with Crippen molar-refractivity contribution < 1.29 is 73.8 Å². The third kappa shape index (κ3) is 5.94. The molecule has 51 heavy (non-hydrogen) atoms. The lowest BCUT2D eigenvalue weighted by molar-refractivity contribution is -0.366. The number of methoxy groups -OCH3 is 1. The summed E-state index contributed by atoms with van der Waals surface area (Å²) in [4.78, 5) is 25.1. The average molecular weight is 727 g/mol. The molecule has 7 rings (SSSR count). The van der Waals surface area contributed by atoms with E-state index in [2.05, 4.69) is 6.92 Å². The molecule has 0 bridgehead atoms. The van der Waals surface area contributed by atoms with E-state index < -0.39 is 91.1 Å². The molecule has 0 radical (unpaired) electrons. The molecular weight excluding hydrogens is 672 g/mol. The maximum absolute atomic E-state index is 13.2. The summed E-state index contributed by atoms with van der Waals surface area (Å²) in [5, 5.41) is 74.6. The van der Waals surface area contributed by atoms with Crippen LogP contribution in [0.25, 0.3) is 0 Å². The fourth-order valence-electron chi connectivity index (χ4n) is 11.5. The Kier molecular flexibility index (Phi) is 10.5. The predicted molar refractivity (Wildman–Crippen MR) is 172 cm³/mol. The number of carbonyl (C=O) groups excluding carboxylic acids is 2. The molecule has 0 spiro atoms. The van der Waals surface area contributed by atoms with E-state index in [1.165, 1.54) is 7.11 Å². The van der Waals surface area contributed by atoms with Crippen LogP contribution in [0.4, 0.5) is 0 Å². The summed E-state index contributed by atoms with van der Waals surface area (Å²) >= 11 is 0. The van der Waals surface area contributed by atoms with Crippen molar-refractivity contribution in [2.45, 2.75) is 138 Å². The largest absolute Gasteiger partial charge is 0.458 e. The maximum atomic E-state index is 13.2. The van der Waals surface area contributed by atoms with Crippen molar-refractivity contribution in [2.75, 3.05) is 26.9 Å². The van der Waals surface area contributed by atoms with Crippen molar-refractivity contribution in [1.29, 1.82) is 0 Å². The average Bonchev–Trinajstić information content (AvgIpc) is 3.68. The Morgan fingerprint density at radius 3 is 2.24 bits per heavy atom. The maximum Gasteiger partial charge on any atom is 0.331 e. The minimum absolute atomic E-state index is 0.00131. The number of rotatable bonds is 9. The zero-order valence-electron chi connectivity index (χ0n) is 29.2. The SMILES string of the molecule is COC1C(O)C(OC2CCC3(C=O)C(CCC4C3CCC3(C)C(C5=CC(=O)OC5)CCC43O)C2)OC(CO)C1OC1OC(CO)C(O)C(O)C1O. The summed E-state index contributed by atoms with van der Waals surface area (Å²) in [5.74, 6) is -0.300. The first-order chi connectivity index (χ1) is 24.3. The molecule has 2 saturated heterocycles. The van der Waals surface area contributed by atoms with Crippen LogP contribution >= 0.6 is 0 Å². The number of aliphatic hydroxyl groups is 7. The Balaban J connectivity index is 1.02. The highest BCUT2D eigenvalue weighted by molar-refractivity contribution is 5.85. The zero-order valence-corrected chi connectivity index (χ0v) is 29.2. The first kappa shape index (κ1) is 37.7. The summed E-state index contributed by atoms with van der Waals surface area (Å²) in [7, 11) is 1.33. The van der Waals surface area contributed by atoms with Crippen LogP contribution in [-0.4, -0.2) is 148 Å². The molecule has 4 saturated carbocycles. The molecule has 18 unspecified atom stereocenters. The van der Waals surface area contributed by atoms with Gasteiger partial charge in [-0.2, -0.15) is 0 Å². The summed E-state index contributed by atoms with van der Waals surface area (Å²) in [6.45, 7) is 1.19.